The SMILES string of the molecule is O=c1cc(Cl)[nH]c2nc([C@H]3CC[C@H](C(F)(F)F)CC3)cn12. The number of imidazole rings is 1. The van der Waals surface area contributed by atoms with E-state index in [-0.39, 0.29) is 29.5 Å². The third-order valence-corrected chi connectivity index (χ3v) is 4.26. The number of rotatable bonds is 1. The van der Waals surface area contributed by atoms with Gasteiger partial charge in [-0.1, -0.05) is 11.6 Å². The molecule has 0 amide bonds. The van der Waals surface area contributed by atoms with Crippen molar-refractivity contribution in [3.05, 3.63) is 33.5 Å². The van der Waals surface area contributed by atoms with E-state index in [1.165, 1.54) is 10.5 Å². The van der Waals surface area contributed by atoms with Crippen LogP contribution in [0.25, 0.3) is 5.78 Å². The monoisotopic (exact) mass is 319 g/mol. The standard InChI is InChI=1S/C13H13ClF3N3O/c14-10-5-11(21)20-6-9(18-12(20)19-10)7-1-3-8(4-2-7)13(15,16)17/h5-8H,1-4H2,(H,18,19)/t7-,8-. The van der Waals surface area contributed by atoms with Crippen molar-refractivity contribution in [2.75, 3.05) is 0 Å². The maximum absolute atomic E-state index is 12.7. The highest BCUT2D eigenvalue weighted by Gasteiger charge is 2.41. The average molecular weight is 320 g/mol. The summed E-state index contributed by atoms with van der Waals surface area (Å²) in [5.41, 5.74) is 0.336. The molecule has 1 N–H and O–H groups in total. The lowest BCUT2D eigenvalue weighted by atomic mass is 9.80. The normalized spacial score (nSPS) is 23.6. The molecule has 0 bridgehead atoms. The Labute approximate surface area is 122 Å². The molecule has 2 aromatic heterocycles. The van der Waals surface area contributed by atoms with Gasteiger partial charge in [-0.3, -0.25) is 9.20 Å². The number of halogens is 4. The van der Waals surface area contributed by atoms with Crippen molar-refractivity contribution in [2.45, 2.75) is 37.8 Å². The zero-order valence-corrected chi connectivity index (χ0v) is 11.7. The van der Waals surface area contributed by atoms with Crippen LogP contribution in [0.5, 0.6) is 0 Å². The summed E-state index contributed by atoms with van der Waals surface area (Å²) in [7, 11) is 0. The van der Waals surface area contributed by atoms with Gasteiger partial charge in [0, 0.05) is 18.2 Å². The van der Waals surface area contributed by atoms with E-state index < -0.39 is 12.1 Å². The van der Waals surface area contributed by atoms with Crippen molar-refractivity contribution in [3.8, 4) is 0 Å². The van der Waals surface area contributed by atoms with Crippen molar-refractivity contribution in [1.82, 2.24) is 14.4 Å². The molecular formula is C13H13ClF3N3O. The van der Waals surface area contributed by atoms with Gasteiger partial charge < -0.3 is 4.98 Å². The molecule has 21 heavy (non-hydrogen) atoms. The molecule has 8 heteroatoms. The van der Waals surface area contributed by atoms with E-state index in [9.17, 15) is 18.0 Å². The summed E-state index contributed by atoms with van der Waals surface area (Å²) in [4.78, 5) is 18.8. The van der Waals surface area contributed by atoms with Gasteiger partial charge in [-0.05, 0) is 25.7 Å². The van der Waals surface area contributed by atoms with Crippen LogP contribution in [0.1, 0.15) is 37.3 Å². The number of hydrogen-bond donors (Lipinski definition) is 1. The molecule has 0 spiro atoms. The van der Waals surface area contributed by atoms with Gasteiger partial charge in [0.05, 0.1) is 11.6 Å². The Bertz CT molecular complexity index is 714. The minimum atomic E-state index is -4.12. The Morgan fingerprint density at radius 3 is 2.57 bits per heavy atom. The minimum absolute atomic E-state index is 0.0462. The fraction of sp³-hybridized carbons (Fsp3) is 0.538. The van der Waals surface area contributed by atoms with Gasteiger partial charge >= 0.3 is 6.18 Å². The van der Waals surface area contributed by atoms with Crippen LogP contribution in [0.4, 0.5) is 13.2 Å². The Hall–Kier alpha value is -1.50. The van der Waals surface area contributed by atoms with Crippen LogP contribution in [0.15, 0.2) is 17.1 Å². The summed E-state index contributed by atoms with van der Waals surface area (Å²) in [6.45, 7) is 0. The lowest BCUT2D eigenvalue weighted by molar-refractivity contribution is -0.182. The topological polar surface area (TPSA) is 50.2 Å². The summed E-state index contributed by atoms with van der Waals surface area (Å²) in [5, 5.41) is 0.186. The Kier molecular flexibility index (Phi) is 3.47. The number of H-pyrrole nitrogens is 1. The minimum Gasteiger partial charge on any atom is -0.316 e. The number of aromatic amines is 1. The highest BCUT2D eigenvalue weighted by molar-refractivity contribution is 6.29. The summed E-state index contributed by atoms with van der Waals surface area (Å²) in [5.74, 6) is -0.947. The highest BCUT2D eigenvalue weighted by atomic mass is 35.5. The molecule has 0 aromatic carbocycles. The molecular weight excluding hydrogens is 307 g/mol. The predicted octanol–water partition coefficient (Wildman–Crippen LogP) is 3.51. The molecule has 0 aliphatic heterocycles. The van der Waals surface area contributed by atoms with Crippen molar-refractivity contribution in [3.63, 3.8) is 0 Å². The molecule has 0 unspecified atom stereocenters. The second-order valence-electron chi connectivity index (χ2n) is 5.41. The second-order valence-corrected chi connectivity index (χ2v) is 5.81. The number of hydrogen-bond acceptors (Lipinski definition) is 2. The van der Waals surface area contributed by atoms with Gasteiger partial charge in [-0.15, -0.1) is 0 Å². The maximum atomic E-state index is 12.7. The van der Waals surface area contributed by atoms with E-state index in [0.717, 1.165) is 0 Å². The first kappa shape index (κ1) is 14.4. The number of nitrogens with one attached hydrogen (secondary N) is 1. The van der Waals surface area contributed by atoms with E-state index in [0.29, 0.717) is 24.3 Å². The van der Waals surface area contributed by atoms with Crippen molar-refractivity contribution >= 4 is 17.4 Å². The number of aromatic nitrogens is 3. The summed E-state index contributed by atoms with van der Waals surface area (Å²) in [6.07, 6.45) is -1.46. The zero-order chi connectivity index (χ0) is 15.2. The third kappa shape index (κ3) is 2.79. The molecule has 2 heterocycles. The Morgan fingerprint density at radius 1 is 1.29 bits per heavy atom. The first-order valence-corrected chi connectivity index (χ1v) is 7.07. The zero-order valence-electron chi connectivity index (χ0n) is 11.0. The maximum Gasteiger partial charge on any atom is 0.391 e. The Morgan fingerprint density at radius 2 is 1.95 bits per heavy atom. The molecule has 4 nitrogen and oxygen atoms in total. The molecule has 0 atom stereocenters. The van der Waals surface area contributed by atoms with Crippen molar-refractivity contribution in [1.29, 1.82) is 0 Å². The number of fused-ring (bicyclic) bond motifs is 1. The fourth-order valence-electron chi connectivity index (χ4n) is 2.89. The molecule has 1 aliphatic rings. The van der Waals surface area contributed by atoms with Gasteiger partial charge in [0.15, 0.2) is 0 Å². The second kappa shape index (κ2) is 5.05. The molecule has 1 fully saturated rings. The number of nitrogens with zero attached hydrogens (tertiary/aromatic N) is 2. The molecule has 1 saturated carbocycles. The van der Waals surface area contributed by atoms with Crippen LogP contribution in [-0.2, 0) is 0 Å². The number of alkyl halides is 3. The Balaban J connectivity index is 1.83. The molecule has 1 aliphatic carbocycles. The van der Waals surface area contributed by atoms with E-state index in [1.54, 1.807) is 6.20 Å². The molecule has 0 saturated heterocycles. The highest BCUT2D eigenvalue weighted by Crippen LogP contribution is 2.42. The predicted molar refractivity (Wildman–Crippen MR) is 71.6 cm³/mol. The molecule has 2 aromatic rings. The van der Waals surface area contributed by atoms with Crippen LogP contribution in [0, 0.1) is 5.92 Å². The first-order valence-electron chi connectivity index (χ1n) is 6.69. The van der Waals surface area contributed by atoms with Gasteiger partial charge in [0.25, 0.3) is 5.56 Å². The molecule has 0 radical (unpaired) electrons. The molecule has 3 rings (SSSR count). The first-order chi connectivity index (χ1) is 9.84. The van der Waals surface area contributed by atoms with Gasteiger partial charge in [0.2, 0.25) is 5.78 Å². The van der Waals surface area contributed by atoms with Crippen molar-refractivity contribution < 1.29 is 13.2 Å². The van der Waals surface area contributed by atoms with Crippen molar-refractivity contribution in [2.24, 2.45) is 5.92 Å². The van der Waals surface area contributed by atoms with Gasteiger partial charge in [-0.2, -0.15) is 13.2 Å². The van der Waals surface area contributed by atoms with Crippen LogP contribution < -0.4 is 5.56 Å². The van der Waals surface area contributed by atoms with Crippen LogP contribution >= 0.6 is 11.6 Å². The summed E-state index contributed by atoms with van der Waals surface area (Å²) >= 11 is 5.75. The fourth-order valence-corrected chi connectivity index (χ4v) is 3.07. The van der Waals surface area contributed by atoms with Gasteiger partial charge in [0.1, 0.15) is 5.15 Å². The van der Waals surface area contributed by atoms with E-state index in [2.05, 4.69) is 9.97 Å². The van der Waals surface area contributed by atoms with Crippen LogP contribution in [0.3, 0.4) is 0 Å². The van der Waals surface area contributed by atoms with Crippen LogP contribution in [0.2, 0.25) is 5.15 Å². The third-order valence-electron chi connectivity index (χ3n) is 4.05. The lowest BCUT2D eigenvalue weighted by Crippen LogP contribution is -2.27. The average Bonchev–Trinajstić information content (AvgIpc) is 2.82. The van der Waals surface area contributed by atoms with Crippen LogP contribution in [-0.4, -0.2) is 20.5 Å². The van der Waals surface area contributed by atoms with E-state index in [1.807, 2.05) is 0 Å². The summed E-state index contributed by atoms with van der Waals surface area (Å²) in [6, 6.07) is 1.24. The quantitative estimate of drug-likeness (QED) is 0.818. The van der Waals surface area contributed by atoms with E-state index >= 15 is 0 Å². The smallest absolute Gasteiger partial charge is 0.316 e. The summed E-state index contributed by atoms with van der Waals surface area (Å²) < 4.78 is 39.3. The molecule has 114 valence electrons. The van der Waals surface area contributed by atoms with E-state index in [4.69, 9.17) is 11.6 Å². The largest absolute Gasteiger partial charge is 0.391 e. The van der Waals surface area contributed by atoms with Gasteiger partial charge in [-0.25, -0.2) is 4.98 Å². The lowest BCUT2D eigenvalue weighted by Gasteiger charge is -2.28.